The maximum Gasteiger partial charge on any atom is 0.407 e. The monoisotopic (exact) mass is 422 g/mol. The van der Waals surface area contributed by atoms with Gasteiger partial charge in [0.2, 0.25) is 0 Å². The minimum atomic E-state index is -1.15. The molecular formula is C22H34N2O4S. The van der Waals surface area contributed by atoms with Crippen LogP contribution in [-0.4, -0.2) is 34.0 Å². The van der Waals surface area contributed by atoms with E-state index in [1.165, 1.54) is 32.1 Å². The van der Waals surface area contributed by atoms with Gasteiger partial charge in [0.1, 0.15) is 16.6 Å². The van der Waals surface area contributed by atoms with E-state index in [1.807, 2.05) is 6.07 Å². The van der Waals surface area contributed by atoms with Gasteiger partial charge in [0.05, 0.1) is 0 Å². The van der Waals surface area contributed by atoms with Crippen LogP contribution < -0.4 is 10.0 Å². The molecule has 1 unspecified atom stereocenters. The highest BCUT2D eigenvalue weighted by atomic mass is 32.2. The molecule has 0 bridgehead atoms. The van der Waals surface area contributed by atoms with Crippen LogP contribution in [0.4, 0.5) is 10.5 Å². The summed E-state index contributed by atoms with van der Waals surface area (Å²) in [4.78, 5) is 24.0. The fraction of sp³-hybridized carbons (Fsp3) is 0.636. The van der Waals surface area contributed by atoms with Crippen molar-refractivity contribution >= 4 is 28.5 Å². The largest absolute Gasteiger partial charge is 0.444 e. The van der Waals surface area contributed by atoms with Crippen LogP contribution in [0.15, 0.2) is 24.3 Å². The van der Waals surface area contributed by atoms with Gasteiger partial charge in [-0.3, -0.25) is 4.79 Å². The quantitative estimate of drug-likeness (QED) is 0.558. The van der Waals surface area contributed by atoms with Gasteiger partial charge in [-0.15, -0.1) is 0 Å². The predicted octanol–water partition coefficient (Wildman–Crippen LogP) is 4.83. The lowest BCUT2D eigenvalue weighted by Crippen LogP contribution is -2.33. The lowest BCUT2D eigenvalue weighted by molar-refractivity contribution is 0.0527. The number of alkyl carbamates (subject to hydrolysis) is 1. The molecule has 2 rings (SSSR count). The molecule has 1 aromatic rings. The first kappa shape index (κ1) is 23.4. The minimum Gasteiger partial charge on any atom is -0.444 e. The first-order chi connectivity index (χ1) is 13.7. The standard InChI is InChI=1S/C22H34N2O4S/c1-22(2,3)28-21(26)23-14-12-20(25)18-10-7-11-19(16-18)24-29(27)15-13-17-8-5-4-6-9-17/h7,10-11,16-17,24H,4-6,8-9,12-15H2,1-3H3,(H,23,26). The molecule has 0 aromatic heterocycles. The Bertz CT molecular complexity index is 709. The van der Waals surface area contributed by atoms with Crippen LogP contribution >= 0.6 is 0 Å². The summed E-state index contributed by atoms with van der Waals surface area (Å²) in [5, 5.41) is 2.59. The number of anilines is 1. The van der Waals surface area contributed by atoms with Gasteiger partial charge in [-0.05, 0) is 45.2 Å². The Morgan fingerprint density at radius 1 is 1.17 bits per heavy atom. The smallest absolute Gasteiger partial charge is 0.407 e. The van der Waals surface area contributed by atoms with Gasteiger partial charge < -0.3 is 14.8 Å². The maximum absolute atomic E-state index is 12.4. The number of carbonyl (C=O) groups is 2. The number of Topliss-reactive ketones (excluding diaryl/α,β-unsaturated/α-hetero) is 1. The summed E-state index contributed by atoms with van der Waals surface area (Å²) >= 11 is 0. The fourth-order valence-electron chi connectivity index (χ4n) is 3.42. The van der Waals surface area contributed by atoms with Gasteiger partial charge >= 0.3 is 6.09 Å². The van der Waals surface area contributed by atoms with Crippen LogP contribution in [0.25, 0.3) is 0 Å². The summed E-state index contributed by atoms with van der Waals surface area (Å²) in [6, 6.07) is 7.03. The summed E-state index contributed by atoms with van der Waals surface area (Å²) in [5.41, 5.74) is 0.643. The van der Waals surface area contributed by atoms with Crippen molar-refractivity contribution in [3.8, 4) is 0 Å². The van der Waals surface area contributed by atoms with Gasteiger partial charge in [-0.25, -0.2) is 9.00 Å². The van der Waals surface area contributed by atoms with Crippen molar-refractivity contribution in [2.75, 3.05) is 17.0 Å². The van der Waals surface area contributed by atoms with E-state index in [2.05, 4.69) is 10.0 Å². The Labute approximate surface area is 176 Å². The third kappa shape index (κ3) is 9.43. The normalized spacial score (nSPS) is 16.1. The zero-order valence-electron chi connectivity index (χ0n) is 17.8. The van der Waals surface area contributed by atoms with Crippen molar-refractivity contribution in [1.82, 2.24) is 5.32 Å². The second-order valence-corrected chi connectivity index (χ2v) is 9.93. The molecule has 0 aliphatic heterocycles. The van der Waals surface area contributed by atoms with E-state index in [0.717, 1.165) is 6.42 Å². The van der Waals surface area contributed by atoms with Crippen LogP contribution in [0.1, 0.15) is 76.1 Å². The highest BCUT2D eigenvalue weighted by molar-refractivity contribution is 7.86. The van der Waals surface area contributed by atoms with Crippen LogP contribution in [0.3, 0.4) is 0 Å². The minimum absolute atomic E-state index is 0.0855. The number of hydrogen-bond acceptors (Lipinski definition) is 4. The Kier molecular flexibility index (Phi) is 9.14. The number of amides is 1. The number of rotatable bonds is 9. The number of ether oxygens (including phenoxy) is 1. The third-order valence-electron chi connectivity index (χ3n) is 4.87. The van der Waals surface area contributed by atoms with E-state index in [1.54, 1.807) is 39.0 Å². The number of hydrogen-bond donors (Lipinski definition) is 2. The number of ketones is 1. The fourth-order valence-corrected chi connectivity index (χ4v) is 4.46. The van der Waals surface area contributed by atoms with E-state index in [0.29, 0.717) is 22.9 Å². The Morgan fingerprint density at radius 3 is 2.59 bits per heavy atom. The Balaban J connectivity index is 1.76. The van der Waals surface area contributed by atoms with Gasteiger partial charge in [0.25, 0.3) is 0 Å². The molecule has 29 heavy (non-hydrogen) atoms. The molecule has 1 aromatic carbocycles. The molecule has 1 aliphatic rings. The van der Waals surface area contributed by atoms with Gasteiger partial charge in [0, 0.05) is 30.0 Å². The molecule has 0 saturated heterocycles. The maximum atomic E-state index is 12.4. The van der Waals surface area contributed by atoms with Gasteiger partial charge in [-0.1, -0.05) is 44.2 Å². The van der Waals surface area contributed by atoms with Crippen molar-refractivity contribution in [1.29, 1.82) is 0 Å². The van der Waals surface area contributed by atoms with Crippen molar-refractivity contribution in [3.63, 3.8) is 0 Å². The zero-order chi connectivity index (χ0) is 21.3. The summed E-state index contributed by atoms with van der Waals surface area (Å²) in [6.07, 6.45) is 7.02. The number of nitrogens with one attached hydrogen (secondary N) is 2. The highest BCUT2D eigenvalue weighted by Gasteiger charge is 2.17. The average Bonchev–Trinajstić information content (AvgIpc) is 2.66. The molecular weight excluding hydrogens is 388 g/mol. The first-order valence-corrected chi connectivity index (χ1v) is 11.8. The second-order valence-electron chi connectivity index (χ2n) is 8.63. The highest BCUT2D eigenvalue weighted by Crippen LogP contribution is 2.26. The molecule has 1 saturated carbocycles. The lowest BCUT2D eigenvalue weighted by Gasteiger charge is -2.21. The molecule has 7 heteroatoms. The lowest BCUT2D eigenvalue weighted by atomic mass is 9.88. The van der Waals surface area contributed by atoms with Crippen LogP contribution in [-0.2, 0) is 15.7 Å². The zero-order valence-corrected chi connectivity index (χ0v) is 18.6. The average molecular weight is 423 g/mol. The van der Waals surface area contributed by atoms with Gasteiger partial charge in [-0.2, -0.15) is 0 Å². The van der Waals surface area contributed by atoms with Crippen LogP contribution in [0.2, 0.25) is 0 Å². The number of benzene rings is 1. The molecule has 0 spiro atoms. The summed E-state index contributed by atoms with van der Waals surface area (Å²) < 4.78 is 20.5. The molecule has 162 valence electrons. The van der Waals surface area contributed by atoms with Crippen molar-refractivity contribution in [2.45, 2.75) is 71.3 Å². The SMILES string of the molecule is CC(C)(C)OC(=O)NCCC(=O)c1cccc(NS(=O)CCC2CCCCC2)c1. The molecule has 6 nitrogen and oxygen atoms in total. The van der Waals surface area contributed by atoms with Crippen LogP contribution in [0.5, 0.6) is 0 Å². The van der Waals surface area contributed by atoms with E-state index < -0.39 is 22.7 Å². The molecule has 1 amide bonds. The molecule has 1 fully saturated rings. The van der Waals surface area contributed by atoms with Crippen molar-refractivity contribution < 1.29 is 18.5 Å². The molecule has 0 radical (unpaired) electrons. The van der Waals surface area contributed by atoms with Crippen LogP contribution in [0, 0.1) is 5.92 Å². The van der Waals surface area contributed by atoms with Crippen molar-refractivity contribution in [2.24, 2.45) is 5.92 Å². The van der Waals surface area contributed by atoms with Gasteiger partial charge in [0.15, 0.2) is 5.78 Å². The third-order valence-corrected chi connectivity index (χ3v) is 5.94. The molecule has 1 aliphatic carbocycles. The second kappa shape index (κ2) is 11.3. The summed E-state index contributed by atoms with van der Waals surface area (Å²) in [7, 11) is -1.15. The van der Waals surface area contributed by atoms with Crippen molar-refractivity contribution in [3.05, 3.63) is 29.8 Å². The molecule has 0 heterocycles. The topological polar surface area (TPSA) is 84.5 Å². The summed E-state index contributed by atoms with van der Waals surface area (Å²) in [6.45, 7) is 5.57. The Hall–Kier alpha value is -1.89. The van der Waals surface area contributed by atoms with E-state index in [-0.39, 0.29) is 18.7 Å². The number of carbonyl (C=O) groups excluding carboxylic acids is 2. The first-order valence-electron chi connectivity index (χ1n) is 10.5. The van der Waals surface area contributed by atoms with E-state index in [9.17, 15) is 13.8 Å². The molecule has 1 atom stereocenters. The molecule has 2 N–H and O–H groups in total. The van der Waals surface area contributed by atoms with E-state index in [4.69, 9.17) is 4.74 Å². The Morgan fingerprint density at radius 2 is 1.90 bits per heavy atom. The predicted molar refractivity (Wildman–Crippen MR) is 117 cm³/mol. The summed E-state index contributed by atoms with van der Waals surface area (Å²) in [5.74, 6) is 1.24. The van der Waals surface area contributed by atoms with E-state index >= 15 is 0 Å².